The molecule has 0 heterocycles. The Morgan fingerprint density at radius 1 is 1.00 bits per heavy atom. The molecule has 0 radical (unpaired) electrons. The van der Waals surface area contributed by atoms with Crippen molar-refractivity contribution in [3.05, 3.63) is 54.6 Å². The lowest BCUT2D eigenvalue weighted by Crippen LogP contribution is -2.45. The lowest BCUT2D eigenvalue weighted by atomic mass is 9.97. The minimum atomic E-state index is -0.0852. The molecule has 1 aliphatic carbocycles. The number of nitrogens with two attached hydrogens (primary N) is 1. The Kier molecular flexibility index (Phi) is 3.49. The number of anilines is 1. The van der Waals surface area contributed by atoms with Crippen LogP contribution in [0.5, 0.6) is 0 Å². The van der Waals surface area contributed by atoms with Crippen LogP contribution < -0.4 is 11.1 Å². The van der Waals surface area contributed by atoms with Crippen LogP contribution in [0.1, 0.15) is 19.8 Å². The van der Waals surface area contributed by atoms with Crippen molar-refractivity contribution in [3.8, 4) is 11.1 Å². The van der Waals surface area contributed by atoms with Gasteiger partial charge in [-0.05, 0) is 48.9 Å². The fraction of sp³-hybridized carbons (Fsp3) is 0.333. The molecule has 1 unspecified atom stereocenters. The molecule has 1 fully saturated rings. The summed E-state index contributed by atoms with van der Waals surface area (Å²) in [5, 5.41) is 3.46. The van der Waals surface area contributed by atoms with Gasteiger partial charge in [0.15, 0.2) is 0 Å². The normalized spacial score (nSPS) is 17.5. The van der Waals surface area contributed by atoms with Crippen LogP contribution in [-0.2, 0) is 0 Å². The van der Waals surface area contributed by atoms with Crippen molar-refractivity contribution >= 4 is 5.69 Å². The molecule has 0 aromatic heterocycles. The fourth-order valence-electron chi connectivity index (χ4n) is 2.59. The standard InChI is InChI=1S/C18H22N2/c1-18(19,16-9-10-16)13-20-17-11-7-15(8-12-17)14-5-3-2-4-6-14/h2-8,11-12,16,20H,9-10,13,19H2,1H3. The summed E-state index contributed by atoms with van der Waals surface area (Å²) in [5.41, 5.74) is 9.88. The van der Waals surface area contributed by atoms with Crippen LogP contribution in [0.15, 0.2) is 54.6 Å². The van der Waals surface area contributed by atoms with Gasteiger partial charge in [-0.1, -0.05) is 42.5 Å². The molecular formula is C18H22N2. The molecule has 2 heteroatoms. The van der Waals surface area contributed by atoms with Crippen molar-refractivity contribution in [1.29, 1.82) is 0 Å². The highest BCUT2D eigenvalue weighted by molar-refractivity contribution is 5.65. The Morgan fingerprint density at radius 2 is 1.60 bits per heavy atom. The van der Waals surface area contributed by atoms with E-state index in [1.165, 1.54) is 24.0 Å². The first-order chi connectivity index (χ1) is 9.65. The van der Waals surface area contributed by atoms with E-state index in [4.69, 9.17) is 5.73 Å². The quantitative estimate of drug-likeness (QED) is 0.861. The molecule has 0 aliphatic heterocycles. The zero-order valence-corrected chi connectivity index (χ0v) is 12.0. The molecule has 0 saturated heterocycles. The monoisotopic (exact) mass is 266 g/mol. The Morgan fingerprint density at radius 3 is 2.20 bits per heavy atom. The fourth-order valence-corrected chi connectivity index (χ4v) is 2.59. The summed E-state index contributed by atoms with van der Waals surface area (Å²) in [7, 11) is 0. The van der Waals surface area contributed by atoms with Gasteiger partial charge in [-0.25, -0.2) is 0 Å². The zero-order valence-electron chi connectivity index (χ0n) is 12.0. The molecule has 1 aliphatic rings. The van der Waals surface area contributed by atoms with E-state index in [2.05, 4.69) is 60.8 Å². The average molecular weight is 266 g/mol. The largest absolute Gasteiger partial charge is 0.383 e. The number of nitrogens with one attached hydrogen (secondary N) is 1. The van der Waals surface area contributed by atoms with Crippen molar-refractivity contribution in [3.63, 3.8) is 0 Å². The molecule has 2 nitrogen and oxygen atoms in total. The summed E-state index contributed by atoms with van der Waals surface area (Å²) in [6.45, 7) is 2.98. The van der Waals surface area contributed by atoms with Gasteiger partial charge in [-0.3, -0.25) is 0 Å². The molecule has 0 bridgehead atoms. The van der Waals surface area contributed by atoms with Crippen molar-refractivity contribution in [2.45, 2.75) is 25.3 Å². The SMILES string of the molecule is CC(N)(CNc1ccc(-c2ccccc2)cc1)C1CC1. The van der Waals surface area contributed by atoms with Crippen LogP contribution in [0.2, 0.25) is 0 Å². The Balaban J connectivity index is 1.64. The summed E-state index contributed by atoms with van der Waals surface area (Å²) in [6.07, 6.45) is 2.56. The summed E-state index contributed by atoms with van der Waals surface area (Å²) in [4.78, 5) is 0. The zero-order chi connectivity index (χ0) is 14.0. The van der Waals surface area contributed by atoms with Gasteiger partial charge in [-0.15, -0.1) is 0 Å². The van der Waals surface area contributed by atoms with Crippen molar-refractivity contribution in [1.82, 2.24) is 0 Å². The molecule has 1 atom stereocenters. The minimum absolute atomic E-state index is 0.0852. The second-order valence-corrected chi connectivity index (χ2v) is 6.08. The predicted molar refractivity (Wildman–Crippen MR) is 85.7 cm³/mol. The first kappa shape index (κ1) is 13.2. The smallest absolute Gasteiger partial charge is 0.0341 e. The molecule has 3 rings (SSSR count). The molecule has 0 amide bonds. The maximum absolute atomic E-state index is 6.33. The van der Waals surface area contributed by atoms with E-state index in [-0.39, 0.29) is 5.54 Å². The molecular weight excluding hydrogens is 244 g/mol. The van der Waals surface area contributed by atoms with Gasteiger partial charge in [0.2, 0.25) is 0 Å². The first-order valence-corrected chi connectivity index (χ1v) is 7.33. The van der Waals surface area contributed by atoms with Crippen molar-refractivity contribution in [2.24, 2.45) is 11.7 Å². The number of benzene rings is 2. The van der Waals surface area contributed by atoms with E-state index in [1.54, 1.807) is 0 Å². The molecule has 2 aromatic carbocycles. The summed E-state index contributed by atoms with van der Waals surface area (Å²) in [6, 6.07) is 19.0. The van der Waals surface area contributed by atoms with Crippen LogP contribution in [-0.4, -0.2) is 12.1 Å². The molecule has 3 N–H and O–H groups in total. The van der Waals surface area contributed by atoms with Gasteiger partial charge in [0.25, 0.3) is 0 Å². The number of hydrogen-bond donors (Lipinski definition) is 2. The van der Waals surface area contributed by atoms with Crippen molar-refractivity contribution < 1.29 is 0 Å². The lowest BCUT2D eigenvalue weighted by Gasteiger charge is -2.25. The summed E-state index contributed by atoms with van der Waals surface area (Å²) >= 11 is 0. The Bertz CT molecular complexity index is 554. The van der Waals surface area contributed by atoms with E-state index in [0.717, 1.165) is 12.2 Å². The predicted octanol–water partition coefficient (Wildman–Crippen LogP) is 3.89. The second-order valence-electron chi connectivity index (χ2n) is 6.08. The van der Waals surface area contributed by atoms with E-state index in [1.807, 2.05) is 6.07 Å². The Hall–Kier alpha value is -1.80. The molecule has 0 spiro atoms. The third-order valence-electron chi connectivity index (χ3n) is 4.18. The van der Waals surface area contributed by atoms with E-state index in [0.29, 0.717) is 5.92 Å². The maximum Gasteiger partial charge on any atom is 0.0341 e. The molecule has 2 aromatic rings. The second kappa shape index (κ2) is 5.29. The van der Waals surface area contributed by atoms with E-state index >= 15 is 0 Å². The highest BCUT2D eigenvalue weighted by Crippen LogP contribution is 2.38. The maximum atomic E-state index is 6.33. The van der Waals surface area contributed by atoms with Crippen LogP contribution >= 0.6 is 0 Å². The van der Waals surface area contributed by atoms with Gasteiger partial charge >= 0.3 is 0 Å². The third-order valence-corrected chi connectivity index (χ3v) is 4.18. The van der Waals surface area contributed by atoms with Gasteiger partial charge in [-0.2, -0.15) is 0 Å². The van der Waals surface area contributed by atoms with E-state index in [9.17, 15) is 0 Å². The lowest BCUT2D eigenvalue weighted by molar-refractivity contribution is 0.432. The first-order valence-electron chi connectivity index (χ1n) is 7.33. The summed E-state index contributed by atoms with van der Waals surface area (Å²) < 4.78 is 0. The number of hydrogen-bond acceptors (Lipinski definition) is 2. The van der Waals surface area contributed by atoms with Gasteiger partial charge in [0.05, 0.1) is 0 Å². The van der Waals surface area contributed by atoms with Gasteiger partial charge in [0.1, 0.15) is 0 Å². The van der Waals surface area contributed by atoms with Crippen molar-refractivity contribution in [2.75, 3.05) is 11.9 Å². The summed E-state index contributed by atoms with van der Waals surface area (Å²) in [5.74, 6) is 0.693. The Labute approximate surface area is 121 Å². The highest BCUT2D eigenvalue weighted by atomic mass is 14.9. The number of rotatable bonds is 5. The topological polar surface area (TPSA) is 38.0 Å². The van der Waals surface area contributed by atoms with E-state index < -0.39 is 0 Å². The average Bonchev–Trinajstić information content (AvgIpc) is 3.32. The third kappa shape index (κ3) is 3.02. The van der Waals surface area contributed by atoms with Gasteiger partial charge in [0, 0.05) is 17.8 Å². The van der Waals surface area contributed by atoms with Crippen LogP contribution in [0.4, 0.5) is 5.69 Å². The van der Waals surface area contributed by atoms with Crippen LogP contribution in [0.3, 0.4) is 0 Å². The minimum Gasteiger partial charge on any atom is -0.383 e. The highest BCUT2D eigenvalue weighted by Gasteiger charge is 2.37. The molecule has 1 saturated carbocycles. The van der Waals surface area contributed by atoms with Gasteiger partial charge < -0.3 is 11.1 Å². The van der Waals surface area contributed by atoms with Crippen LogP contribution in [0.25, 0.3) is 11.1 Å². The van der Waals surface area contributed by atoms with Crippen LogP contribution in [0, 0.1) is 5.92 Å². The molecule has 20 heavy (non-hydrogen) atoms. The molecule has 104 valence electrons.